The lowest BCUT2D eigenvalue weighted by atomic mass is 10.0. The number of hydrogen-bond donors (Lipinski definition) is 2. The zero-order valence-corrected chi connectivity index (χ0v) is 11.6. The van der Waals surface area contributed by atoms with Crippen LogP contribution in [0.25, 0.3) is 0 Å². The number of aliphatic hydroxyl groups excluding tert-OH is 1. The Morgan fingerprint density at radius 3 is 2.67 bits per heavy atom. The Labute approximate surface area is 110 Å². The Morgan fingerprint density at radius 1 is 1.17 bits per heavy atom. The molecule has 0 spiro atoms. The number of nitrogens with two attached hydrogens (primary N) is 1. The lowest BCUT2D eigenvalue weighted by Crippen LogP contribution is -2.85. The van der Waals surface area contributed by atoms with Crippen LogP contribution in [0.2, 0.25) is 0 Å². The third kappa shape index (κ3) is 5.52. The van der Waals surface area contributed by atoms with Crippen molar-refractivity contribution < 1.29 is 15.2 Å². The average Bonchev–Trinajstić information content (AvgIpc) is 2.38. The maximum absolute atomic E-state index is 8.64. The van der Waals surface area contributed by atoms with Gasteiger partial charge in [0.2, 0.25) is 0 Å². The molecule has 3 heteroatoms. The third-order valence-corrected chi connectivity index (χ3v) is 2.93. The summed E-state index contributed by atoms with van der Waals surface area (Å²) in [6.45, 7) is 7.28. The molecule has 0 aliphatic heterocycles. The van der Waals surface area contributed by atoms with Crippen LogP contribution >= 0.6 is 0 Å². The van der Waals surface area contributed by atoms with Gasteiger partial charge in [-0.25, -0.2) is 0 Å². The zero-order valence-electron chi connectivity index (χ0n) is 11.6. The molecule has 0 saturated heterocycles. The minimum atomic E-state index is 0.262. The van der Waals surface area contributed by atoms with Gasteiger partial charge in [-0.1, -0.05) is 32.0 Å². The molecule has 1 aromatic rings. The SMILES string of the molecule is CC(C)c1ccccc1OCCCC[NH2+]CCO. The molecule has 3 nitrogen and oxygen atoms in total. The van der Waals surface area contributed by atoms with E-state index >= 15 is 0 Å². The van der Waals surface area contributed by atoms with Gasteiger partial charge < -0.3 is 15.2 Å². The third-order valence-electron chi connectivity index (χ3n) is 2.93. The van der Waals surface area contributed by atoms with E-state index in [1.807, 2.05) is 12.1 Å². The van der Waals surface area contributed by atoms with E-state index in [0.717, 1.165) is 38.3 Å². The van der Waals surface area contributed by atoms with Crippen LogP contribution in [0, 0.1) is 0 Å². The van der Waals surface area contributed by atoms with Gasteiger partial charge in [0, 0.05) is 0 Å². The second kappa shape index (κ2) is 8.95. The van der Waals surface area contributed by atoms with Gasteiger partial charge in [-0.3, -0.25) is 0 Å². The van der Waals surface area contributed by atoms with Crippen LogP contribution in [-0.2, 0) is 0 Å². The first-order valence-electron chi connectivity index (χ1n) is 6.90. The van der Waals surface area contributed by atoms with Crippen molar-refractivity contribution in [3.8, 4) is 5.75 Å². The lowest BCUT2D eigenvalue weighted by molar-refractivity contribution is -0.656. The van der Waals surface area contributed by atoms with Crippen molar-refractivity contribution in [1.29, 1.82) is 0 Å². The molecular formula is C15H26NO2+. The molecule has 0 atom stereocenters. The van der Waals surface area contributed by atoms with E-state index in [2.05, 4.69) is 31.3 Å². The molecular weight excluding hydrogens is 226 g/mol. The first kappa shape index (κ1) is 15.0. The first-order valence-corrected chi connectivity index (χ1v) is 6.90. The van der Waals surface area contributed by atoms with Gasteiger partial charge in [0.25, 0.3) is 0 Å². The fourth-order valence-corrected chi connectivity index (χ4v) is 1.90. The number of hydrogen-bond acceptors (Lipinski definition) is 2. The van der Waals surface area contributed by atoms with Gasteiger partial charge in [0.1, 0.15) is 5.75 Å². The summed E-state index contributed by atoms with van der Waals surface area (Å²) in [5.41, 5.74) is 1.28. The van der Waals surface area contributed by atoms with Gasteiger partial charge in [0.15, 0.2) is 0 Å². The van der Waals surface area contributed by atoms with E-state index in [4.69, 9.17) is 9.84 Å². The Kier molecular flexibility index (Phi) is 7.46. The van der Waals surface area contributed by atoms with Crippen LogP contribution in [0.4, 0.5) is 0 Å². The summed E-state index contributed by atoms with van der Waals surface area (Å²) in [6, 6.07) is 8.27. The fraction of sp³-hybridized carbons (Fsp3) is 0.600. The van der Waals surface area contributed by atoms with Crippen LogP contribution < -0.4 is 10.1 Å². The first-order chi connectivity index (χ1) is 8.75. The summed E-state index contributed by atoms with van der Waals surface area (Å²) in [5.74, 6) is 1.52. The second-order valence-electron chi connectivity index (χ2n) is 4.84. The number of para-hydroxylation sites is 1. The molecule has 0 bridgehead atoms. The van der Waals surface area contributed by atoms with Gasteiger partial charge in [-0.05, 0) is 30.4 Å². The number of ether oxygens (including phenoxy) is 1. The molecule has 1 rings (SSSR count). The summed E-state index contributed by atoms with van der Waals surface area (Å²) in [5, 5.41) is 10.8. The van der Waals surface area contributed by atoms with E-state index in [0.29, 0.717) is 5.92 Å². The normalized spacial score (nSPS) is 10.9. The maximum atomic E-state index is 8.64. The molecule has 0 saturated carbocycles. The van der Waals surface area contributed by atoms with Crippen LogP contribution in [0.5, 0.6) is 5.75 Å². The van der Waals surface area contributed by atoms with E-state index in [9.17, 15) is 0 Å². The largest absolute Gasteiger partial charge is 0.493 e. The van der Waals surface area contributed by atoms with E-state index in [1.54, 1.807) is 0 Å². The predicted octanol–water partition coefficient (Wildman–Crippen LogP) is 1.52. The predicted molar refractivity (Wildman–Crippen MR) is 74.0 cm³/mol. The highest BCUT2D eigenvalue weighted by Gasteiger charge is 2.06. The molecule has 0 amide bonds. The highest BCUT2D eigenvalue weighted by Crippen LogP contribution is 2.25. The van der Waals surface area contributed by atoms with Crippen molar-refractivity contribution in [3.05, 3.63) is 29.8 Å². The standard InChI is InChI=1S/C15H25NO2/c1-13(2)14-7-3-4-8-15(14)18-12-6-5-9-16-10-11-17/h3-4,7-8,13,16-17H,5-6,9-12H2,1-2H3/p+1. The number of unbranched alkanes of at least 4 members (excludes halogenated alkanes) is 1. The molecule has 102 valence electrons. The summed E-state index contributed by atoms with van der Waals surface area (Å²) in [6.07, 6.45) is 2.19. The van der Waals surface area contributed by atoms with Gasteiger partial charge in [-0.15, -0.1) is 0 Å². The molecule has 3 N–H and O–H groups in total. The highest BCUT2D eigenvalue weighted by molar-refractivity contribution is 5.35. The van der Waals surface area contributed by atoms with Crippen LogP contribution in [0.1, 0.15) is 38.2 Å². The fourth-order valence-electron chi connectivity index (χ4n) is 1.90. The van der Waals surface area contributed by atoms with Gasteiger partial charge in [0.05, 0.1) is 26.3 Å². The van der Waals surface area contributed by atoms with Crippen molar-refractivity contribution in [3.63, 3.8) is 0 Å². The van der Waals surface area contributed by atoms with Crippen molar-refractivity contribution in [2.24, 2.45) is 0 Å². The molecule has 0 aromatic heterocycles. The summed E-state index contributed by atoms with van der Waals surface area (Å²) in [4.78, 5) is 0. The highest BCUT2D eigenvalue weighted by atomic mass is 16.5. The van der Waals surface area contributed by atoms with Crippen LogP contribution in [0.3, 0.4) is 0 Å². The van der Waals surface area contributed by atoms with Crippen molar-refractivity contribution in [2.75, 3.05) is 26.3 Å². The minimum Gasteiger partial charge on any atom is -0.493 e. The number of quaternary nitrogens is 1. The van der Waals surface area contributed by atoms with E-state index in [1.165, 1.54) is 5.56 Å². The topological polar surface area (TPSA) is 46.1 Å². The number of rotatable bonds is 9. The van der Waals surface area contributed by atoms with Crippen LogP contribution in [-0.4, -0.2) is 31.4 Å². The van der Waals surface area contributed by atoms with Gasteiger partial charge >= 0.3 is 0 Å². The van der Waals surface area contributed by atoms with Gasteiger partial charge in [-0.2, -0.15) is 0 Å². The molecule has 1 aromatic carbocycles. The second-order valence-corrected chi connectivity index (χ2v) is 4.84. The molecule has 0 unspecified atom stereocenters. The number of benzene rings is 1. The Hall–Kier alpha value is -1.06. The Morgan fingerprint density at radius 2 is 1.94 bits per heavy atom. The Bertz CT molecular complexity index is 326. The number of aliphatic hydroxyl groups is 1. The molecule has 0 heterocycles. The minimum absolute atomic E-state index is 0.262. The van der Waals surface area contributed by atoms with Crippen molar-refractivity contribution in [1.82, 2.24) is 0 Å². The quantitative estimate of drug-likeness (QED) is 0.655. The Balaban J connectivity index is 2.23. The lowest BCUT2D eigenvalue weighted by Gasteiger charge is -2.13. The smallest absolute Gasteiger partial charge is 0.122 e. The molecule has 0 aliphatic carbocycles. The van der Waals surface area contributed by atoms with Crippen LogP contribution in [0.15, 0.2) is 24.3 Å². The molecule has 0 aliphatic rings. The van der Waals surface area contributed by atoms with E-state index < -0.39 is 0 Å². The average molecular weight is 252 g/mol. The monoisotopic (exact) mass is 252 g/mol. The van der Waals surface area contributed by atoms with Crippen molar-refractivity contribution >= 4 is 0 Å². The maximum Gasteiger partial charge on any atom is 0.122 e. The summed E-state index contributed by atoms with van der Waals surface area (Å²) in [7, 11) is 0. The zero-order chi connectivity index (χ0) is 13.2. The summed E-state index contributed by atoms with van der Waals surface area (Å²) >= 11 is 0. The summed E-state index contributed by atoms with van der Waals surface area (Å²) < 4.78 is 5.84. The van der Waals surface area contributed by atoms with E-state index in [-0.39, 0.29) is 6.61 Å². The molecule has 18 heavy (non-hydrogen) atoms. The van der Waals surface area contributed by atoms with Crippen molar-refractivity contribution in [2.45, 2.75) is 32.6 Å². The molecule has 0 radical (unpaired) electrons. The molecule has 0 fully saturated rings.